The molecule has 1 aliphatic rings. The van der Waals surface area contributed by atoms with Gasteiger partial charge in [0.25, 0.3) is 0 Å². The number of rotatable bonds is 6. The highest BCUT2D eigenvalue weighted by atomic mass is 16.4. The summed E-state index contributed by atoms with van der Waals surface area (Å²) in [5.74, 6) is -0.761. The molecule has 4 heteroatoms. The molecule has 0 atom stereocenters. The van der Waals surface area contributed by atoms with Gasteiger partial charge in [0.15, 0.2) is 0 Å². The number of benzene rings is 1. The molecular weight excluding hydrogens is 278 g/mol. The van der Waals surface area contributed by atoms with Crippen molar-refractivity contribution >= 4 is 11.9 Å². The number of hydrogen-bond donors (Lipinski definition) is 2. The maximum absolute atomic E-state index is 12.8. The molecule has 2 rings (SSSR count). The predicted molar refractivity (Wildman–Crippen MR) is 85.8 cm³/mol. The first-order chi connectivity index (χ1) is 10.5. The van der Waals surface area contributed by atoms with Crippen LogP contribution in [-0.2, 0) is 15.0 Å². The summed E-state index contributed by atoms with van der Waals surface area (Å²) in [6.45, 7) is 2.48. The van der Waals surface area contributed by atoms with Crippen molar-refractivity contribution in [1.29, 1.82) is 0 Å². The van der Waals surface area contributed by atoms with Gasteiger partial charge < -0.3 is 10.4 Å². The van der Waals surface area contributed by atoms with E-state index in [9.17, 15) is 9.59 Å². The Bertz CT molecular complexity index is 533. The lowest BCUT2D eigenvalue weighted by atomic mass is 9.68. The third-order valence-electron chi connectivity index (χ3n) is 4.57. The van der Waals surface area contributed by atoms with E-state index in [2.05, 4.69) is 17.4 Å². The van der Waals surface area contributed by atoms with Gasteiger partial charge >= 0.3 is 5.97 Å². The molecule has 1 aromatic carbocycles. The quantitative estimate of drug-likeness (QED) is 0.793. The highest BCUT2D eigenvalue weighted by Crippen LogP contribution is 2.40. The molecule has 0 bridgehead atoms. The average molecular weight is 303 g/mol. The van der Waals surface area contributed by atoms with Crippen LogP contribution in [0.1, 0.15) is 56.1 Å². The van der Waals surface area contributed by atoms with Gasteiger partial charge in [-0.1, -0.05) is 49.1 Å². The SMILES string of the molecule is Cc1cccc(C2(C(=O)NCCCC(=O)O)CCCCC2)c1. The molecule has 120 valence electrons. The van der Waals surface area contributed by atoms with Crippen molar-refractivity contribution in [3.63, 3.8) is 0 Å². The Kier molecular flexibility index (Phi) is 5.58. The van der Waals surface area contributed by atoms with Crippen LogP contribution in [0, 0.1) is 6.92 Å². The number of aryl methyl sites for hydroxylation is 1. The van der Waals surface area contributed by atoms with Gasteiger partial charge in [-0.3, -0.25) is 9.59 Å². The van der Waals surface area contributed by atoms with E-state index in [-0.39, 0.29) is 12.3 Å². The first-order valence-corrected chi connectivity index (χ1v) is 8.12. The van der Waals surface area contributed by atoms with E-state index < -0.39 is 11.4 Å². The van der Waals surface area contributed by atoms with Crippen molar-refractivity contribution in [3.8, 4) is 0 Å². The zero-order chi connectivity index (χ0) is 16.0. The summed E-state index contributed by atoms with van der Waals surface area (Å²) < 4.78 is 0. The molecule has 1 aliphatic carbocycles. The predicted octanol–water partition coefficient (Wildman–Crippen LogP) is 3.18. The normalized spacial score (nSPS) is 17.0. The maximum Gasteiger partial charge on any atom is 0.303 e. The number of aliphatic carboxylic acids is 1. The van der Waals surface area contributed by atoms with Crippen LogP contribution in [0.25, 0.3) is 0 Å². The fourth-order valence-electron chi connectivity index (χ4n) is 3.36. The smallest absolute Gasteiger partial charge is 0.303 e. The molecule has 22 heavy (non-hydrogen) atoms. The van der Waals surface area contributed by atoms with Crippen molar-refractivity contribution in [3.05, 3.63) is 35.4 Å². The summed E-state index contributed by atoms with van der Waals surface area (Å²) in [4.78, 5) is 23.4. The lowest BCUT2D eigenvalue weighted by Gasteiger charge is -2.36. The number of amides is 1. The summed E-state index contributed by atoms with van der Waals surface area (Å²) in [6.07, 6.45) is 5.64. The number of carboxylic acid groups (broad SMARTS) is 1. The third-order valence-corrected chi connectivity index (χ3v) is 4.57. The van der Waals surface area contributed by atoms with Gasteiger partial charge in [0.2, 0.25) is 5.91 Å². The van der Waals surface area contributed by atoms with Crippen LogP contribution in [0.3, 0.4) is 0 Å². The van der Waals surface area contributed by atoms with Gasteiger partial charge in [-0.2, -0.15) is 0 Å². The van der Waals surface area contributed by atoms with Crippen LogP contribution in [0.15, 0.2) is 24.3 Å². The highest BCUT2D eigenvalue weighted by Gasteiger charge is 2.40. The fourth-order valence-corrected chi connectivity index (χ4v) is 3.36. The summed E-state index contributed by atoms with van der Waals surface area (Å²) in [6, 6.07) is 8.22. The molecule has 1 amide bonds. The minimum Gasteiger partial charge on any atom is -0.481 e. The van der Waals surface area contributed by atoms with Gasteiger partial charge in [-0.25, -0.2) is 0 Å². The van der Waals surface area contributed by atoms with Crippen molar-refractivity contribution in [2.24, 2.45) is 0 Å². The number of nitrogens with one attached hydrogen (secondary N) is 1. The standard InChI is InChI=1S/C18H25NO3/c1-14-7-5-8-15(13-14)18(10-3-2-4-11-18)17(22)19-12-6-9-16(20)21/h5,7-8,13H,2-4,6,9-12H2,1H3,(H,19,22)(H,20,21). The van der Waals surface area contributed by atoms with Crippen molar-refractivity contribution in [1.82, 2.24) is 5.32 Å². The lowest BCUT2D eigenvalue weighted by molar-refractivity contribution is -0.137. The zero-order valence-electron chi connectivity index (χ0n) is 13.2. The Hall–Kier alpha value is -1.84. The van der Waals surface area contributed by atoms with Gasteiger partial charge in [-0.05, 0) is 31.7 Å². The van der Waals surface area contributed by atoms with Crippen LogP contribution < -0.4 is 5.32 Å². The largest absolute Gasteiger partial charge is 0.481 e. The second-order valence-electron chi connectivity index (χ2n) is 6.27. The summed E-state index contributed by atoms with van der Waals surface area (Å²) in [7, 11) is 0. The van der Waals surface area contributed by atoms with Crippen LogP contribution in [0.2, 0.25) is 0 Å². The monoisotopic (exact) mass is 303 g/mol. The molecule has 1 aromatic rings. The molecule has 0 heterocycles. The first-order valence-electron chi connectivity index (χ1n) is 8.12. The van der Waals surface area contributed by atoms with E-state index in [0.717, 1.165) is 31.2 Å². The molecule has 0 saturated heterocycles. The van der Waals surface area contributed by atoms with E-state index in [1.54, 1.807) is 0 Å². The highest BCUT2D eigenvalue weighted by molar-refractivity contribution is 5.88. The minimum absolute atomic E-state index is 0.0585. The van der Waals surface area contributed by atoms with Crippen LogP contribution in [-0.4, -0.2) is 23.5 Å². The van der Waals surface area contributed by atoms with Gasteiger partial charge in [0.1, 0.15) is 0 Å². The van der Waals surface area contributed by atoms with Crippen LogP contribution in [0.5, 0.6) is 0 Å². The van der Waals surface area contributed by atoms with Crippen molar-refractivity contribution in [2.75, 3.05) is 6.54 Å². The van der Waals surface area contributed by atoms with Gasteiger partial charge in [0.05, 0.1) is 5.41 Å². The van der Waals surface area contributed by atoms with Crippen LogP contribution >= 0.6 is 0 Å². The molecule has 0 spiro atoms. The topological polar surface area (TPSA) is 66.4 Å². The van der Waals surface area contributed by atoms with Crippen molar-refractivity contribution < 1.29 is 14.7 Å². The van der Waals surface area contributed by atoms with Gasteiger partial charge in [0, 0.05) is 13.0 Å². The number of carboxylic acids is 1. The number of hydrogen-bond acceptors (Lipinski definition) is 2. The molecular formula is C18H25NO3. The van der Waals surface area contributed by atoms with Gasteiger partial charge in [-0.15, -0.1) is 0 Å². The number of carbonyl (C=O) groups is 2. The zero-order valence-corrected chi connectivity index (χ0v) is 13.2. The molecule has 1 fully saturated rings. The summed E-state index contributed by atoms with van der Waals surface area (Å²) in [5, 5.41) is 11.6. The summed E-state index contributed by atoms with van der Waals surface area (Å²) in [5.41, 5.74) is 1.83. The molecule has 0 unspecified atom stereocenters. The summed E-state index contributed by atoms with van der Waals surface area (Å²) >= 11 is 0. The fraction of sp³-hybridized carbons (Fsp3) is 0.556. The maximum atomic E-state index is 12.8. The Morgan fingerprint density at radius 3 is 2.59 bits per heavy atom. The average Bonchev–Trinajstić information content (AvgIpc) is 2.52. The van der Waals surface area contributed by atoms with Crippen molar-refractivity contribution in [2.45, 2.75) is 57.3 Å². The lowest BCUT2D eigenvalue weighted by Crippen LogP contribution is -2.46. The second kappa shape index (κ2) is 7.43. The van der Waals surface area contributed by atoms with E-state index in [1.165, 1.54) is 12.0 Å². The van der Waals surface area contributed by atoms with E-state index in [4.69, 9.17) is 5.11 Å². The second-order valence-corrected chi connectivity index (χ2v) is 6.27. The minimum atomic E-state index is -0.819. The Labute approximate surface area is 131 Å². The molecule has 1 saturated carbocycles. The van der Waals surface area contributed by atoms with E-state index in [1.807, 2.05) is 19.1 Å². The third kappa shape index (κ3) is 3.87. The first kappa shape index (κ1) is 16.5. The van der Waals surface area contributed by atoms with E-state index >= 15 is 0 Å². The molecule has 0 aromatic heterocycles. The van der Waals surface area contributed by atoms with Crippen LogP contribution in [0.4, 0.5) is 0 Å². The Morgan fingerprint density at radius 1 is 1.23 bits per heavy atom. The number of carbonyl (C=O) groups excluding carboxylic acids is 1. The molecule has 4 nitrogen and oxygen atoms in total. The molecule has 2 N–H and O–H groups in total. The molecule has 0 aliphatic heterocycles. The van der Waals surface area contributed by atoms with E-state index in [0.29, 0.717) is 13.0 Å². The Balaban J connectivity index is 2.11. The Morgan fingerprint density at radius 2 is 1.95 bits per heavy atom. The molecule has 0 radical (unpaired) electrons.